The van der Waals surface area contributed by atoms with E-state index in [1.807, 2.05) is 19.2 Å². The molecule has 0 aliphatic heterocycles. The van der Waals surface area contributed by atoms with Gasteiger partial charge in [0.25, 0.3) is 0 Å². The van der Waals surface area contributed by atoms with E-state index < -0.39 is 0 Å². The minimum atomic E-state index is -0.0558. The smallest absolute Gasteiger partial charge is 0.0727 e. The normalized spacial score (nSPS) is 12.9. The molecule has 66 valence electrons. The molecule has 1 rings (SSSR count). The van der Waals surface area contributed by atoms with Gasteiger partial charge in [-0.2, -0.15) is 0 Å². The fourth-order valence-electron chi connectivity index (χ4n) is 0.944. The van der Waals surface area contributed by atoms with Gasteiger partial charge in [0, 0.05) is 9.77 Å². The molecule has 1 atom stereocenters. The zero-order valence-electron chi connectivity index (χ0n) is 6.79. The highest BCUT2D eigenvalue weighted by Gasteiger charge is 2.08. The maximum absolute atomic E-state index is 8.97. The van der Waals surface area contributed by atoms with Crippen LogP contribution in [-0.2, 0) is 0 Å². The second-order valence-electron chi connectivity index (χ2n) is 2.42. The van der Waals surface area contributed by atoms with Crippen LogP contribution in [0.4, 0.5) is 0 Å². The van der Waals surface area contributed by atoms with Gasteiger partial charge in [-0.15, -0.1) is 0 Å². The highest BCUT2D eigenvalue weighted by Crippen LogP contribution is 2.11. The molecule has 3 nitrogen and oxygen atoms in total. The Morgan fingerprint density at radius 1 is 1.75 bits per heavy atom. The standard InChI is InChI=1S/C8H11IN2O/c1-10-8(5-12)7-4-6(9)2-3-11-7/h2-4,8,10,12H,5H2,1H3/t8-/m1/s1. The van der Waals surface area contributed by atoms with Crippen LogP contribution in [0, 0.1) is 3.57 Å². The van der Waals surface area contributed by atoms with Crippen molar-refractivity contribution in [1.82, 2.24) is 10.3 Å². The lowest BCUT2D eigenvalue weighted by Crippen LogP contribution is -2.21. The molecule has 0 bridgehead atoms. The molecule has 1 aromatic rings. The number of aliphatic hydroxyl groups excluding tert-OH is 1. The maximum Gasteiger partial charge on any atom is 0.0727 e. The van der Waals surface area contributed by atoms with Gasteiger partial charge in [0.05, 0.1) is 18.3 Å². The molecule has 1 heterocycles. The monoisotopic (exact) mass is 278 g/mol. The number of nitrogens with zero attached hydrogens (tertiary/aromatic N) is 1. The van der Waals surface area contributed by atoms with Crippen molar-refractivity contribution in [2.45, 2.75) is 6.04 Å². The molecule has 0 spiro atoms. The summed E-state index contributed by atoms with van der Waals surface area (Å²) in [5, 5.41) is 11.9. The van der Waals surface area contributed by atoms with E-state index in [2.05, 4.69) is 32.9 Å². The first-order valence-electron chi connectivity index (χ1n) is 3.67. The Hall–Kier alpha value is -0.200. The zero-order valence-corrected chi connectivity index (χ0v) is 8.95. The Bertz CT molecular complexity index is 251. The first kappa shape index (κ1) is 9.88. The van der Waals surface area contributed by atoms with Crippen LogP contribution in [0.15, 0.2) is 18.3 Å². The molecule has 0 aromatic carbocycles. The van der Waals surface area contributed by atoms with Crippen LogP contribution in [0.2, 0.25) is 0 Å². The molecular formula is C8H11IN2O. The van der Waals surface area contributed by atoms with Crippen molar-refractivity contribution in [3.8, 4) is 0 Å². The van der Waals surface area contributed by atoms with Gasteiger partial charge in [-0.3, -0.25) is 4.98 Å². The van der Waals surface area contributed by atoms with E-state index >= 15 is 0 Å². The molecule has 1 aromatic heterocycles. The lowest BCUT2D eigenvalue weighted by Gasteiger charge is -2.11. The number of pyridine rings is 1. The van der Waals surface area contributed by atoms with E-state index in [0.717, 1.165) is 9.26 Å². The second kappa shape index (κ2) is 4.74. The first-order valence-corrected chi connectivity index (χ1v) is 4.75. The van der Waals surface area contributed by atoms with Crippen LogP contribution in [-0.4, -0.2) is 23.7 Å². The molecule has 0 aliphatic carbocycles. The van der Waals surface area contributed by atoms with Gasteiger partial charge in [0.15, 0.2) is 0 Å². The Kier molecular flexibility index (Phi) is 3.90. The Balaban J connectivity index is 2.85. The topological polar surface area (TPSA) is 45.1 Å². The van der Waals surface area contributed by atoms with E-state index in [1.165, 1.54) is 0 Å². The van der Waals surface area contributed by atoms with Crippen molar-refractivity contribution in [1.29, 1.82) is 0 Å². The summed E-state index contributed by atoms with van der Waals surface area (Å²) in [4.78, 5) is 4.15. The average Bonchev–Trinajstić information content (AvgIpc) is 2.07. The quantitative estimate of drug-likeness (QED) is 0.809. The third kappa shape index (κ3) is 2.40. The molecular weight excluding hydrogens is 267 g/mol. The maximum atomic E-state index is 8.97. The predicted molar refractivity (Wildman–Crippen MR) is 55.8 cm³/mol. The zero-order chi connectivity index (χ0) is 8.97. The van der Waals surface area contributed by atoms with Crippen LogP contribution < -0.4 is 5.32 Å². The number of rotatable bonds is 3. The minimum Gasteiger partial charge on any atom is -0.394 e. The molecule has 2 N–H and O–H groups in total. The van der Waals surface area contributed by atoms with E-state index in [0.29, 0.717) is 0 Å². The summed E-state index contributed by atoms with van der Waals surface area (Å²) < 4.78 is 1.13. The lowest BCUT2D eigenvalue weighted by atomic mass is 10.2. The average molecular weight is 278 g/mol. The number of aromatic nitrogens is 1. The minimum absolute atomic E-state index is 0.0558. The van der Waals surface area contributed by atoms with E-state index in [-0.39, 0.29) is 12.6 Å². The summed E-state index contributed by atoms with van der Waals surface area (Å²) in [7, 11) is 1.81. The van der Waals surface area contributed by atoms with Crippen molar-refractivity contribution >= 4 is 22.6 Å². The summed E-state index contributed by atoms with van der Waals surface area (Å²) in [6.45, 7) is 0.0730. The number of hydrogen-bond donors (Lipinski definition) is 2. The van der Waals surface area contributed by atoms with Gasteiger partial charge in [0.1, 0.15) is 0 Å². The van der Waals surface area contributed by atoms with Gasteiger partial charge in [0.2, 0.25) is 0 Å². The molecule has 0 aliphatic rings. The summed E-state index contributed by atoms with van der Waals surface area (Å²) in [5.41, 5.74) is 0.881. The molecule has 12 heavy (non-hydrogen) atoms. The van der Waals surface area contributed by atoms with Crippen LogP contribution in [0.5, 0.6) is 0 Å². The second-order valence-corrected chi connectivity index (χ2v) is 3.67. The van der Waals surface area contributed by atoms with E-state index in [9.17, 15) is 0 Å². The fraction of sp³-hybridized carbons (Fsp3) is 0.375. The summed E-state index contributed by atoms with van der Waals surface area (Å²) in [6, 6.07) is 3.83. The largest absolute Gasteiger partial charge is 0.394 e. The third-order valence-corrected chi connectivity index (χ3v) is 2.30. The van der Waals surface area contributed by atoms with Gasteiger partial charge in [-0.25, -0.2) is 0 Å². The van der Waals surface area contributed by atoms with Crippen molar-refractivity contribution in [3.63, 3.8) is 0 Å². The molecule has 0 amide bonds. The van der Waals surface area contributed by atoms with Gasteiger partial charge in [-0.1, -0.05) is 0 Å². The van der Waals surface area contributed by atoms with Crippen LogP contribution in [0.3, 0.4) is 0 Å². The van der Waals surface area contributed by atoms with Crippen LogP contribution >= 0.6 is 22.6 Å². The summed E-state index contributed by atoms with van der Waals surface area (Å²) in [5.74, 6) is 0. The van der Waals surface area contributed by atoms with E-state index in [1.54, 1.807) is 6.20 Å². The SMILES string of the molecule is CN[C@H](CO)c1cc(I)ccn1. The highest BCUT2D eigenvalue weighted by atomic mass is 127. The predicted octanol–water partition coefficient (Wildman–Crippen LogP) is 0.939. The van der Waals surface area contributed by atoms with Crippen molar-refractivity contribution in [2.75, 3.05) is 13.7 Å². The molecule has 0 saturated heterocycles. The van der Waals surface area contributed by atoms with Gasteiger partial charge in [-0.05, 0) is 41.8 Å². The lowest BCUT2D eigenvalue weighted by molar-refractivity contribution is 0.248. The third-order valence-electron chi connectivity index (χ3n) is 1.63. The summed E-state index contributed by atoms with van der Waals surface area (Å²) >= 11 is 2.22. The highest BCUT2D eigenvalue weighted by molar-refractivity contribution is 14.1. The Labute approximate surface area is 85.4 Å². The fourth-order valence-corrected chi connectivity index (χ4v) is 1.42. The molecule has 0 saturated carbocycles. The number of likely N-dealkylation sites (N-methyl/N-ethyl adjacent to an activating group) is 1. The Morgan fingerprint density at radius 3 is 3.00 bits per heavy atom. The summed E-state index contributed by atoms with van der Waals surface area (Å²) in [6.07, 6.45) is 1.75. The molecule has 0 radical (unpaired) electrons. The van der Waals surface area contributed by atoms with Gasteiger partial charge >= 0.3 is 0 Å². The number of halogens is 1. The van der Waals surface area contributed by atoms with Crippen molar-refractivity contribution < 1.29 is 5.11 Å². The van der Waals surface area contributed by atoms with Crippen molar-refractivity contribution in [2.24, 2.45) is 0 Å². The molecule has 0 fully saturated rings. The molecule has 0 unspecified atom stereocenters. The van der Waals surface area contributed by atoms with Gasteiger partial charge < -0.3 is 10.4 Å². The number of nitrogens with one attached hydrogen (secondary N) is 1. The number of aliphatic hydroxyl groups is 1. The van der Waals surface area contributed by atoms with Crippen LogP contribution in [0.1, 0.15) is 11.7 Å². The first-order chi connectivity index (χ1) is 5.77. The molecule has 4 heteroatoms. The van der Waals surface area contributed by atoms with Crippen LogP contribution in [0.25, 0.3) is 0 Å². The van der Waals surface area contributed by atoms with Crippen molar-refractivity contribution in [3.05, 3.63) is 27.6 Å². The van der Waals surface area contributed by atoms with E-state index in [4.69, 9.17) is 5.11 Å². The Morgan fingerprint density at radius 2 is 2.50 bits per heavy atom. The number of hydrogen-bond acceptors (Lipinski definition) is 3.